The number of amides is 1. The van der Waals surface area contributed by atoms with E-state index in [9.17, 15) is 4.79 Å². The molecule has 1 aliphatic rings. The molecular formula is C19H38N4O2. The van der Waals surface area contributed by atoms with Crippen LogP contribution >= 0.6 is 0 Å². The van der Waals surface area contributed by atoms with Gasteiger partial charge in [-0.15, -0.1) is 0 Å². The highest BCUT2D eigenvalue weighted by Crippen LogP contribution is 2.18. The fourth-order valence-electron chi connectivity index (χ4n) is 2.90. The molecule has 0 aliphatic carbocycles. The Hall–Kier alpha value is -1.46. The van der Waals surface area contributed by atoms with Gasteiger partial charge >= 0.3 is 6.09 Å². The van der Waals surface area contributed by atoms with Crippen molar-refractivity contribution in [2.24, 2.45) is 16.8 Å². The topological polar surface area (TPSA) is 66.0 Å². The van der Waals surface area contributed by atoms with Crippen molar-refractivity contribution in [2.45, 2.75) is 65.9 Å². The minimum atomic E-state index is -0.440. The summed E-state index contributed by atoms with van der Waals surface area (Å²) in [6.45, 7) is 13.5. The summed E-state index contributed by atoms with van der Waals surface area (Å²) in [5, 5.41) is 6.76. The second-order valence-corrected chi connectivity index (χ2v) is 8.35. The quantitative estimate of drug-likeness (QED) is 0.437. The van der Waals surface area contributed by atoms with Crippen LogP contribution in [0, 0.1) is 11.8 Å². The van der Waals surface area contributed by atoms with E-state index < -0.39 is 5.60 Å². The molecule has 0 aromatic heterocycles. The van der Waals surface area contributed by atoms with Gasteiger partial charge in [0.15, 0.2) is 5.96 Å². The molecular weight excluding hydrogens is 316 g/mol. The van der Waals surface area contributed by atoms with Crippen LogP contribution < -0.4 is 10.6 Å². The highest BCUT2D eigenvalue weighted by molar-refractivity contribution is 5.79. The maximum atomic E-state index is 12.2. The third-order valence-electron chi connectivity index (χ3n) is 4.20. The lowest BCUT2D eigenvalue weighted by molar-refractivity contribution is 0.0168. The summed E-state index contributed by atoms with van der Waals surface area (Å²) < 4.78 is 5.49. The maximum Gasteiger partial charge on any atom is 0.410 e. The second kappa shape index (κ2) is 10.5. The van der Waals surface area contributed by atoms with Crippen LogP contribution in [0.15, 0.2) is 4.99 Å². The van der Waals surface area contributed by atoms with Gasteiger partial charge in [-0.2, -0.15) is 0 Å². The van der Waals surface area contributed by atoms with E-state index in [2.05, 4.69) is 29.5 Å². The molecule has 1 atom stereocenters. The fourth-order valence-corrected chi connectivity index (χ4v) is 2.90. The van der Waals surface area contributed by atoms with Crippen molar-refractivity contribution in [3.63, 3.8) is 0 Å². The van der Waals surface area contributed by atoms with E-state index in [1.54, 1.807) is 7.05 Å². The summed E-state index contributed by atoms with van der Waals surface area (Å²) in [5.41, 5.74) is -0.440. The molecule has 1 aliphatic heterocycles. The lowest BCUT2D eigenvalue weighted by atomic mass is 9.98. The number of nitrogens with one attached hydrogen (secondary N) is 2. The van der Waals surface area contributed by atoms with Gasteiger partial charge in [-0.05, 0) is 58.3 Å². The zero-order valence-electron chi connectivity index (χ0n) is 17.0. The molecule has 2 N–H and O–H groups in total. The molecule has 0 aromatic rings. The van der Waals surface area contributed by atoms with Crippen LogP contribution in [-0.4, -0.2) is 55.8 Å². The van der Waals surface area contributed by atoms with E-state index in [4.69, 9.17) is 4.74 Å². The van der Waals surface area contributed by atoms with Crippen LogP contribution in [0.25, 0.3) is 0 Å². The van der Waals surface area contributed by atoms with E-state index in [0.717, 1.165) is 57.3 Å². The van der Waals surface area contributed by atoms with Crippen molar-refractivity contribution in [1.29, 1.82) is 0 Å². The number of carbonyl (C=O) groups is 1. The van der Waals surface area contributed by atoms with Gasteiger partial charge in [0.1, 0.15) is 5.60 Å². The second-order valence-electron chi connectivity index (χ2n) is 8.35. The molecule has 1 rings (SSSR count). The number of hydrogen-bond donors (Lipinski definition) is 2. The minimum Gasteiger partial charge on any atom is -0.444 e. The van der Waals surface area contributed by atoms with Crippen LogP contribution in [0.4, 0.5) is 4.79 Å². The molecule has 1 amide bonds. The number of likely N-dealkylation sites (tertiary alicyclic amines) is 1. The molecule has 146 valence electrons. The molecule has 0 spiro atoms. The number of carbonyl (C=O) groups excluding carboxylic acids is 1. The lowest BCUT2D eigenvalue weighted by Crippen LogP contribution is -2.47. The molecule has 1 heterocycles. The average Bonchev–Trinajstić information content (AvgIpc) is 2.52. The summed E-state index contributed by atoms with van der Waals surface area (Å²) >= 11 is 0. The first kappa shape index (κ1) is 21.6. The smallest absolute Gasteiger partial charge is 0.410 e. The molecule has 25 heavy (non-hydrogen) atoms. The summed E-state index contributed by atoms with van der Waals surface area (Å²) in [5.74, 6) is 2.01. The molecule has 6 nitrogen and oxygen atoms in total. The van der Waals surface area contributed by atoms with Gasteiger partial charge in [-0.3, -0.25) is 4.99 Å². The van der Waals surface area contributed by atoms with Crippen molar-refractivity contribution in [3.8, 4) is 0 Å². The normalized spacial score (nSPS) is 19.1. The van der Waals surface area contributed by atoms with E-state index in [1.165, 1.54) is 6.42 Å². The van der Waals surface area contributed by atoms with Gasteiger partial charge in [0, 0.05) is 33.2 Å². The van der Waals surface area contributed by atoms with Gasteiger partial charge in [-0.25, -0.2) is 4.79 Å². The van der Waals surface area contributed by atoms with Crippen molar-refractivity contribution >= 4 is 12.1 Å². The van der Waals surface area contributed by atoms with Gasteiger partial charge in [0.25, 0.3) is 0 Å². The number of nitrogens with zero attached hydrogens (tertiary/aromatic N) is 2. The van der Waals surface area contributed by atoms with Crippen LogP contribution in [0.3, 0.4) is 0 Å². The highest BCUT2D eigenvalue weighted by atomic mass is 16.6. The highest BCUT2D eigenvalue weighted by Gasteiger charge is 2.27. The van der Waals surface area contributed by atoms with Gasteiger partial charge in [-0.1, -0.05) is 13.8 Å². The molecule has 0 saturated carbocycles. The SMILES string of the molecule is CN=C(NCCCC(C)C)NCC1CCCN(C(=O)OC(C)(C)C)C1. The predicted octanol–water partition coefficient (Wildman–Crippen LogP) is 3.23. The molecule has 0 radical (unpaired) electrons. The molecule has 0 aromatic carbocycles. The number of guanidine groups is 1. The largest absolute Gasteiger partial charge is 0.444 e. The zero-order chi connectivity index (χ0) is 18.9. The van der Waals surface area contributed by atoms with Gasteiger partial charge in [0.05, 0.1) is 0 Å². The monoisotopic (exact) mass is 354 g/mol. The maximum absolute atomic E-state index is 12.2. The first-order valence-corrected chi connectivity index (χ1v) is 9.63. The molecule has 1 unspecified atom stereocenters. The van der Waals surface area contributed by atoms with Gasteiger partial charge < -0.3 is 20.3 Å². The van der Waals surface area contributed by atoms with Gasteiger partial charge in [0.2, 0.25) is 0 Å². The molecule has 6 heteroatoms. The lowest BCUT2D eigenvalue weighted by Gasteiger charge is -2.34. The molecule has 1 saturated heterocycles. The average molecular weight is 355 g/mol. The van der Waals surface area contributed by atoms with Crippen molar-refractivity contribution in [2.75, 3.05) is 33.2 Å². The number of rotatable bonds is 6. The van der Waals surface area contributed by atoms with Crippen LogP contribution in [0.1, 0.15) is 60.3 Å². The summed E-state index contributed by atoms with van der Waals surface area (Å²) in [6.07, 6.45) is 4.31. The number of piperidine rings is 1. The van der Waals surface area contributed by atoms with Crippen LogP contribution in [-0.2, 0) is 4.74 Å². The molecule has 1 fully saturated rings. The Morgan fingerprint density at radius 3 is 2.64 bits per heavy atom. The number of hydrogen-bond acceptors (Lipinski definition) is 3. The zero-order valence-corrected chi connectivity index (χ0v) is 17.0. The number of aliphatic imine (C=N–C) groups is 1. The Bertz CT molecular complexity index is 430. The predicted molar refractivity (Wildman–Crippen MR) is 104 cm³/mol. The number of ether oxygens (including phenoxy) is 1. The van der Waals surface area contributed by atoms with E-state index >= 15 is 0 Å². The van der Waals surface area contributed by atoms with Crippen molar-refractivity contribution in [3.05, 3.63) is 0 Å². The fraction of sp³-hybridized carbons (Fsp3) is 0.895. The van der Waals surface area contributed by atoms with E-state index in [1.807, 2.05) is 25.7 Å². The van der Waals surface area contributed by atoms with E-state index in [-0.39, 0.29) is 6.09 Å². The van der Waals surface area contributed by atoms with E-state index in [0.29, 0.717) is 5.92 Å². The minimum absolute atomic E-state index is 0.201. The third-order valence-corrected chi connectivity index (χ3v) is 4.20. The Morgan fingerprint density at radius 1 is 1.32 bits per heavy atom. The van der Waals surface area contributed by atoms with Crippen LogP contribution in [0.2, 0.25) is 0 Å². The van der Waals surface area contributed by atoms with Crippen molar-refractivity contribution < 1.29 is 9.53 Å². The Balaban J connectivity index is 2.34. The third kappa shape index (κ3) is 9.56. The standard InChI is InChI=1S/C19H38N4O2/c1-15(2)9-7-11-21-17(20-6)22-13-16-10-8-12-23(14-16)18(24)25-19(3,4)5/h15-16H,7-14H2,1-6H3,(H2,20,21,22). The summed E-state index contributed by atoms with van der Waals surface area (Å²) in [4.78, 5) is 18.3. The Labute approximate surface area is 153 Å². The van der Waals surface area contributed by atoms with Crippen LogP contribution in [0.5, 0.6) is 0 Å². The Morgan fingerprint density at radius 2 is 2.04 bits per heavy atom. The summed E-state index contributed by atoms with van der Waals surface area (Å²) in [6, 6.07) is 0. The Kier molecular flexibility index (Phi) is 9.08. The van der Waals surface area contributed by atoms with Crippen molar-refractivity contribution in [1.82, 2.24) is 15.5 Å². The molecule has 0 bridgehead atoms. The first-order chi connectivity index (χ1) is 11.7. The first-order valence-electron chi connectivity index (χ1n) is 9.63. The summed E-state index contributed by atoms with van der Waals surface area (Å²) in [7, 11) is 1.80.